The Morgan fingerprint density at radius 2 is 1.69 bits per heavy atom. The van der Waals surface area contributed by atoms with Crippen molar-refractivity contribution in [1.29, 1.82) is 0 Å². The van der Waals surface area contributed by atoms with Gasteiger partial charge in [0.05, 0.1) is 5.70 Å². The molecule has 3 fully saturated rings. The predicted octanol–water partition coefficient (Wildman–Crippen LogP) is 4.85. The summed E-state index contributed by atoms with van der Waals surface area (Å²) in [6, 6.07) is 0.456. The Hall–Kier alpha value is -1.65. The van der Waals surface area contributed by atoms with Crippen molar-refractivity contribution in [3.8, 4) is 0 Å². The molecular weight excluding hydrogens is 400 g/mol. The largest absolute Gasteiger partial charge is 0.338 e. The molecule has 5 nitrogen and oxygen atoms in total. The van der Waals surface area contributed by atoms with E-state index in [1.54, 1.807) is 0 Å². The van der Waals surface area contributed by atoms with Crippen LogP contribution in [0.2, 0.25) is 0 Å². The van der Waals surface area contributed by atoms with E-state index in [9.17, 15) is 14.4 Å². The first-order valence-corrected chi connectivity index (χ1v) is 12.9. The molecule has 4 rings (SSSR count). The van der Waals surface area contributed by atoms with Crippen molar-refractivity contribution in [3.05, 3.63) is 11.3 Å². The van der Waals surface area contributed by atoms with E-state index in [-0.39, 0.29) is 34.6 Å². The van der Waals surface area contributed by atoms with Crippen molar-refractivity contribution in [2.24, 2.45) is 34.5 Å². The van der Waals surface area contributed by atoms with E-state index < -0.39 is 0 Å². The number of fused-ring (bicyclic) bond motifs is 5. The first-order chi connectivity index (χ1) is 15.1. The maximum absolute atomic E-state index is 13.7. The van der Waals surface area contributed by atoms with Gasteiger partial charge in [-0.3, -0.25) is 14.4 Å². The van der Waals surface area contributed by atoms with Gasteiger partial charge in [-0.25, -0.2) is 0 Å². The van der Waals surface area contributed by atoms with Gasteiger partial charge in [0.25, 0.3) is 0 Å². The van der Waals surface area contributed by atoms with Crippen molar-refractivity contribution in [3.63, 3.8) is 0 Å². The van der Waals surface area contributed by atoms with Crippen molar-refractivity contribution in [2.45, 2.75) is 105 Å². The third-order valence-corrected chi connectivity index (χ3v) is 9.99. The molecule has 0 aliphatic heterocycles. The maximum atomic E-state index is 13.7. The SMILES string of the molecule is CC(C)N(C(=O)[C@H]1CC[C@H]2[C@@H]3CCC4=C(NC=O)C(=O)CC[C@]4(C)[C@H]3CC[C@]12C)C(C)C. The minimum atomic E-state index is -0.00645. The number of allylic oxidation sites excluding steroid dienone is 1. The molecule has 0 unspecified atom stereocenters. The van der Waals surface area contributed by atoms with E-state index in [2.05, 4.69) is 51.8 Å². The van der Waals surface area contributed by atoms with Gasteiger partial charge in [0.1, 0.15) is 0 Å². The van der Waals surface area contributed by atoms with Crippen LogP contribution in [0.25, 0.3) is 0 Å². The Morgan fingerprint density at radius 3 is 2.31 bits per heavy atom. The number of hydrogen-bond donors (Lipinski definition) is 1. The number of rotatable bonds is 5. The van der Waals surface area contributed by atoms with Gasteiger partial charge >= 0.3 is 0 Å². The molecule has 0 bridgehead atoms. The molecule has 0 aromatic rings. The summed E-state index contributed by atoms with van der Waals surface area (Å²) in [5.41, 5.74) is 1.85. The lowest BCUT2D eigenvalue weighted by Crippen LogP contribution is -2.54. The summed E-state index contributed by atoms with van der Waals surface area (Å²) < 4.78 is 0. The summed E-state index contributed by atoms with van der Waals surface area (Å²) in [7, 11) is 0. The highest BCUT2D eigenvalue weighted by Gasteiger charge is 2.61. The molecule has 5 heteroatoms. The van der Waals surface area contributed by atoms with Crippen LogP contribution >= 0.6 is 0 Å². The lowest BCUT2D eigenvalue weighted by Gasteiger charge is -2.58. The lowest BCUT2D eigenvalue weighted by molar-refractivity contribution is -0.146. The fraction of sp³-hybridized carbons (Fsp3) is 0.815. The molecule has 2 amide bonds. The van der Waals surface area contributed by atoms with Crippen LogP contribution in [0, 0.1) is 34.5 Å². The van der Waals surface area contributed by atoms with Crippen LogP contribution in [0.1, 0.15) is 92.9 Å². The molecule has 4 aliphatic carbocycles. The monoisotopic (exact) mass is 442 g/mol. The summed E-state index contributed by atoms with van der Waals surface area (Å²) >= 11 is 0. The topological polar surface area (TPSA) is 66.5 Å². The Morgan fingerprint density at radius 1 is 1.00 bits per heavy atom. The molecule has 32 heavy (non-hydrogen) atoms. The second-order valence-corrected chi connectivity index (χ2v) is 12.0. The van der Waals surface area contributed by atoms with Crippen LogP contribution in [-0.2, 0) is 14.4 Å². The van der Waals surface area contributed by atoms with Crippen molar-refractivity contribution in [2.75, 3.05) is 0 Å². The molecule has 3 saturated carbocycles. The summed E-state index contributed by atoms with van der Waals surface area (Å²) in [5.74, 6) is 2.32. The molecule has 0 saturated heterocycles. The first-order valence-electron chi connectivity index (χ1n) is 12.9. The number of nitrogens with zero attached hydrogens (tertiary/aromatic N) is 1. The standard InChI is InChI=1S/C27H42N2O3/c1-16(2)29(17(3)4)25(32)22-10-9-19-18-7-8-21-24(28-15-30)23(31)12-14-26(21,5)20(18)11-13-27(19,22)6/h15-20,22H,7-14H2,1-6H3,(H,28,30)/t18-,19-,20-,22+,26+,27-/m0/s1. The summed E-state index contributed by atoms with van der Waals surface area (Å²) in [5, 5.41) is 2.76. The number of nitrogens with one attached hydrogen (secondary N) is 1. The van der Waals surface area contributed by atoms with Crippen LogP contribution in [0.3, 0.4) is 0 Å². The van der Waals surface area contributed by atoms with Crippen LogP contribution in [0.5, 0.6) is 0 Å². The predicted molar refractivity (Wildman–Crippen MR) is 125 cm³/mol. The molecular formula is C27H42N2O3. The Kier molecular flexibility index (Phi) is 6.09. The van der Waals surface area contributed by atoms with Crippen LogP contribution in [0.4, 0.5) is 0 Å². The molecule has 0 heterocycles. The molecule has 0 spiro atoms. The van der Waals surface area contributed by atoms with Crippen LogP contribution < -0.4 is 5.32 Å². The zero-order chi connectivity index (χ0) is 23.4. The van der Waals surface area contributed by atoms with E-state index in [1.165, 1.54) is 5.57 Å². The quantitative estimate of drug-likeness (QED) is 0.619. The summed E-state index contributed by atoms with van der Waals surface area (Å²) in [6.07, 6.45) is 8.42. The number of Topliss-reactive ketones (excluding diaryl/α,β-unsaturated/α-hetero) is 1. The highest BCUT2D eigenvalue weighted by Crippen LogP contribution is 2.67. The van der Waals surface area contributed by atoms with Gasteiger partial charge in [-0.2, -0.15) is 0 Å². The summed E-state index contributed by atoms with van der Waals surface area (Å²) in [4.78, 5) is 39.6. The van der Waals surface area contributed by atoms with E-state index in [0.717, 1.165) is 44.9 Å². The third-order valence-electron chi connectivity index (χ3n) is 9.99. The minimum Gasteiger partial charge on any atom is -0.338 e. The van der Waals surface area contributed by atoms with Gasteiger partial charge in [0.2, 0.25) is 12.3 Å². The second kappa shape index (κ2) is 8.29. The van der Waals surface area contributed by atoms with Gasteiger partial charge in [-0.1, -0.05) is 13.8 Å². The molecule has 0 radical (unpaired) electrons. The Bertz CT molecular complexity index is 823. The van der Waals surface area contributed by atoms with Crippen LogP contribution in [0.15, 0.2) is 11.3 Å². The molecule has 0 aromatic carbocycles. The maximum Gasteiger partial charge on any atom is 0.226 e. The molecule has 178 valence electrons. The average molecular weight is 443 g/mol. The number of amides is 2. The zero-order valence-corrected chi connectivity index (χ0v) is 20.9. The number of carbonyl (C=O) groups is 3. The van der Waals surface area contributed by atoms with Gasteiger partial charge in [-0.15, -0.1) is 0 Å². The van der Waals surface area contributed by atoms with E-state index in [4.69, 9.17) is 0 Å². The lowest BCUT2D eigenvalue weighted by atomic mass is 9.46. The van der Waals surface area contributed by atoms with Gasteiger partial charge in [0, 0.05) is 24.4 Å². The second-order valence-electron chi connectivity index (χ2n) is 12.0. The smallest absolute Gasteiger partial charge is 0.226 e. The van der Waals surface area contributed by atoms with Gasteiger partial charge < -0.3 is 10.2 Å². The first kappa shape index (κ1) is 23.5. The number of hydrogen-bond acceptors (Lipinski definition) is 3. The number of ketones is 1. The number of carbonyl (C=O) groups excluding carboxylic acids is 3. The zero-order valence-electron chi connectivity index (χ0n) is 20.9. The van der Waals surface area contributed by atoms with E-state index in [1.807, 2.05) is 0 Å². The normalized spacial score (nSPS) is 38.9. The molecule has 4 aliphatic rings. The average Bonchev–Trinajstić information content (AvgIpc) is 3.07. The van der Waals surface area contributed by atoms with Gasteiger partial charge in [-0.05, 0) is 107 Å². The summed E-state index contributed by atoms with van der Waals surface area (Å²) in [6.45, 7) is 13.3. The highest BCUT2D eigenvalue weighted by atomic mass is 16.2. The Labute approximate surface area is 193 Å². The third kappa shape index (κ3) is 3.37. The Balaban J connectivity index is 1.63. The molecule has 1 N–H and O–H groups in total. The van der Waals surface area contributed by atoms with Crippen LogP contribution in [-0.4, -0.2) is 35.1 Å². The van der Waals surface area contributed by atoms with E-state index >= 15 is 0 Å². The fourth-order valence-electron chi connectivity index (χ4n) is 8.63. The van der Waals surface area contributed by atoms with Crippen molar-refractivity contribution < 1.29 is 14.4 Å². The fourth-order valence-corrected chi connectivity index (χ4v) is 8.63. The van der Waals surface area contributed by atoms with Crippen molar-refractivity contribution >= 4 is 18.1 Å². The minimum absolute atomic E-state index is 0.00645. The molecule has 6 atom stereocenters. The molecule has 0 aromatic heterocycles. The van der Waals surface area contributed by atoms with Gasteiger partial charge in [0.15, 0.2) is 5.78 Å². The van der Waals surface area contributed by atoms with E-state index in [0.29, 0.717) is 42.2 Å². The van der Waals surface area contributed by atoms with Crippen molar-refractivity contribution in [1.82, 2.24) is 10.2 Å². The highest BCUT2D eigenvalue weighted by molar-refractivity contribution is 5.98.